The smallest absolute Gasteiger partial charge is 0.212 e. The predicted molar refractivity (Wildman–Crippen MR) is 85.3 cm³/mol. The van der Waals surface area contributed by atoms with Crippen LogP contribution in [0.1, 0.15) is 75.2 Å². The molecule has 0 aliphatic rings. The summed E-state index contributed by atoms with van der Waals surface area (Å²) in [6.07, 6.45) is 1.38. The third kappa shape index (κ3) is 9.17. The molecule has 5 heteroatoms. The zero-order chi connectivity index (χ0) is 16.9. The first-order valence-electron chi connectivity index (χ1n) is 7.60. The van der Waals surface area contributed by atoms with E-state index in [-0.39, 0.29) is 16.7 Å². The van der Waals surface area contributed by atoms with E-state index >= 15 is 0 Å². The van der Waals surface area contributed by atoms with Crippen LogP contribution in [-0.2, 0) is 14.5 Å². The second-order valence-corrected chi connectivity index (χ2v) is 7.97. The summed E-state index contributed by atoms with van der Waals surface area (Å²) in [5.74, 6) is 0. The highest BCUT2D eigenvalue weighted by Crippen LogP contribution is 2.31. The van der Waals surface area contributed by atoms with Crippen LogP contribution in [0.4, 0.5) is 0 Å². The van der Waals surface area contributed by atoms with Crippen LogP contribution in [-0.4, -0.2) is 29.6 Å². The van der Waals surface area contributed by atoms with Crippen molar-refractivity contribution in [3.63, 3.8) is 0 Å². The van der Waals surface area contributed by atoms with Crippen molar-refractivity contribution in [3.8, 4) is 0 Å². The van der Waals surface area contributed by atoms with Crippen molar-refractivity contribution in [3.05, 3.63) is 0 Å². The molecule has 21 heavy (non-hydrogen) atoms. The molecular formula is C16H34N2O3. The number of methoxy groups -OCH3 is 1. The summed E-state index contributed by atoms with van der Waals surface area (Å²) in [6.45, 7) is 17.9. The van der Waals surface area contributed by atoms with Crippen LogP contribution < -0.4 is 0 Å². The molecular weight excluding hydrogens is 268 g/mol. The van der Waals surface area contributed by atoms with E-state index in [1.54, 1.807) is 7.11 Å². The Balaban J connectivity index is 5.13. The molecule has 0 bridgehead atoms. The van der Waals surface area contributed by atoms with Crippen molar-refractivity contribution >= 4 is 0 Å². The topological polar surface area (TPSA) is 52.4 Å². The second-order valence-electron chi connectivity index (χ2n) is 7.97. The first-order chi connectivity index (χ1) is 9.24. The maximum Gasteiger partial charge on any atom is 0.212 e. The summed E-state index contributed by atoms with van der Waals surface area (Å²) >= 11 is 0. The van der Waals surface area contributed by atoms with Gasteiger partial charge < -0.3 is 4.74 Å². The van der Waals surface area contributed by atoms with Crippen LogP contribution >= 0.6 is 0 Å². The highest BCUT2D eigenvalue weighted by atomic mass is 17.2. The number of ether oxygens (including phenoxy) is 1. The molecule has 0 N–H and O–H groups in total. The molecule has 0 aliphatic carbocycles. The molecule has 126 valence electrons. The highest BCUT2D eigenvalue weighted by Gasteiger charge is 2.37. The molecule has 0 aromatic rings. The Morgan fingerprint density at radius 3 is 1.67 bits per heavy atom. The van der Waals surface area contributed by atoms with Gasteiger partial charge in [0.2, 0.25) is 5.72 Å². The lowest BCUT2D eigenvalue weighted by atomic mass is 9.97. The predicted octanol–water partition coefficient (Wildman–Crippen LogP) is 4.91. The maximum absolute atomic E-state index is 5.68. The Labute approximate surface area is 130 Å². The van der Waals surface area contributed by atoms with Crippen molar-refractivity contribution in [2.45, 2.75) is 97.6 Å². The van der Waals surface area contributed by atoms with E-state index in [2.05, 4.69) is 17.2 Å². The molecule has 0 aliphatic heterocycles. The monoisotopic (exact) mass is 302 g/mol. The zero-order valence-electron chi connectivity index (χ0n) is 15.5. The molecule has 0 rings (SSSR count). The molecule has 1 atom stereocenters. The molecule has 0 amide bonds. The van der Waals surface area contributed by atoms with Crippen molar-refractivity contribution in [1.82, 2.24) is 0 Å². The van der Waals surface area contributed by atoms with Crippen molar-refractivity contribution in [2.75, 3.05) is 7.11 Å². The lowest BCUT2D eigenvalue weighted by Gasteiger charge is -2.34. The molecule has 0 aromatic heterocycles. The third-order valence-electron chi connectivity index (χ3n) is 3.17. The van der Waals surface area contributed by atoms with E-state index in [4.69, 9.17) is 14.5 Å². The molecule has 0 heterocycles. The molecule has 0 saturated carbocycles. The average Bonchev–Trinajstić information content (AvgIpc) is 2.33. The van der Waals surface area contributed by atoms with Crippen LogP contribution in [0, 0.1) is 0 Å². The fraction of sp³-hybridized carbons (Fsp3) is 1.00. The van der Waals surface area contributed by atoms with Gasteiger partial charge in [-0.2, -0.15) is 10.2 Å². The maximum atomic E-state index is 5.68. The number of rotatable bonds is 8. The van der Waals surface area contributed by atoms with Crippen LogP contribution in [0.25, 0.3) is 0 Å². The van der Waals surface area contributed by atoms with Gasteiger partial charge in [0.05, 0.1) is 16.7 Å². The number of azo groups is 1. The second kappa shape index (κ2) is 7.16. The Bertz CT molecular complexity index is 346. The van der Waals surface area contributed by atoms with Gasteiger partial charge in [-0.05, 0) is 61.8 Å². The summed E-state index contributed by atoms with van der Waals surface area (Å²) < 4.78 is 5.49. The molecule has 0 saturated heterocycles. The van der Waals surface area contributed by atoms with Crippen molar-refractivity contribution in [2.24, 2.45) is 10.2 Å². The summed E-state index contributed by atoms with van der Waals surface area (Å²) in [5.41, 5.74) is -1.90. The van der Waals surface area contributed by atoms with Gasteiger partial charge in [0.25, 0.3) is 0 Å². The molecule has 0 aromatic carbocycles. The molecule has 1 unspecified atom stereocenters. The number of hydrogen-bond donors (Lipinski definition) is 0. The van der Waals surface area contributed by atoms with Crippen LogP contribution in [0.5, 0.6) is 0 Å². The van der Waals surface area contributed by atoms with Gasteiger partial charge in [-0.3, -0.25) is 0 Å². The number of hydrogen-bond acceptors (Lipinski definition) is 5. The van der Waals surface area contributed by atoms with Crippen LogP contribution in [0.2, 0.25) is 0 Å². The minimum atomic E-state index is -0.890. The summed E-state index contributed by atoms with van der Waals surface area (Å²) in [5, 5.41) is 8.73. The first-order valence-corrected chi connectivity index (χ1v) is 7.60. The third-order valence-corrected chi connectivity index (χ3v) is 3.17. The largest absolute Gasteiger partial charge is 0.379 e. The van der Waals surface area contributed by atoms with Crippen molar-refractivity contribution < 1.29 is 14.5 Å². The Morgan fingerprint density at radius 1 is 0.762 bits per heavy atom. The lowest BCUT2D eigenvalue weighted by Crippen LogP contribution is -2.40. The summed E-state index contributed by atoms with van der Waals surface area (Å²) in [6, 6.07) is 0. The lowest BCUT2D eigenvalue weighted by molar-refractivity contribution is -0.409. The number of nitrogens with zero attached hydrogens (tertiary/aromatic N) is 2. The van der Waals surface area contributed by atoms with E-state index in [1.165, 1.54) is 0 Å². The van der Waals surface area contributed by atoms with Gasteiger partial charge in [-0.25, -0.2) is 9.78 Å². The molecule has 5 nitrogen and oxygen atoms in total. The van der Waals surface area contributed by atoms with E-state index < -0.39 is 5.72 Å². The minimum Gasteiger partial charge on any atom is -0.379 e. The van der Waals surface area contributed by atoms with Gasteiger partial charge >= 0.3 is 0 Å². The van der Waals surface area contributed by atoms with Gasteiger partial charge in [-0.1, -0.05) is 6.92 Å². The Hall–Kier alpha value is -0.520. The van der Waals surface area contributed by atoms with Crippen molar-refractivity contribution in [1.29, 1.82) is 0 Å². The molecule has 0 radical (unpaired) electrons. The average molecular weight is 302 g/mol. The van der Waals surface area contributed by atoms with Gasteiger partial charge in [0.1, 0.15) is 0 Å². The van der Waals surface area contributed by atoms with E-state index in [0.29, 0.717) is 6.42 Å². The normalized spacial score (nSPS) is 17.2. The van der Waals surface area contributed by atoms with E-state index in [0.717, 1.165) is 6.42 Å². The van der Waals surface area contributed by atoms with Gasteiger partial charge in [0, 0.05) is 13.5 Å². The summed E-state index contributed by atoms with van der Waals surface area (Å²) in [4.78, 5) is 11.3. The fourth-order valence-corrected chi connectivity index (χ4v) is 1.46. The SMILES string of the molecule is CCC(C)(C)OOC(C)(CC(C)(C)OC)/N=N/C(C)(C)C. The minimum absolute atomic E-state index is 0.262. The molecule has 0 fully saturated rings. The van der Waals surface area contributed by atoms with Crippen LogP contribution in [0.3, 0.4) is 0 Å². The van der Waals surface area contributed by atoms with E-state index in [1.807, 2.05) is 55.4 Å². The highest BCUT2D eigenvalue weighted by molar-refractivity contribution is 4.82. The molecule has 0 spiro atoms. The Kier molecular flexibility index (Phi) is 6.98. The van der Waals surface area contributed by atoms with Gasteiger partial charge in [-0.15, -0.1) is 0 Å². The Morgan fingerprint density at radius 2 is 1.29 bits per heavy atom. The zero-order valence-corrected chi connectivity index (χ0v) is 15.5. The van der Waals surface area contributed by atoms with Gasteiger partial charge in [0.15, 0.2) is 0 Å². The van der Waals surface area contributed by atoms with Crippen LogP contribution in [0.15, 0.2) is 10.2 Å². The standard InChI is InChI=1S/C16H34N2O3/c1-11-14(5,6)20-21-16(9,12-15(7,8)19-10)18-17-13(2,3)4/h11-12H2,1-10H3/b18-17+. The quantitative estimate of drug-likeness (QED) is 0.364. The van der Waals surface area contributed by atoms with E-state index in [9.17, 15) is 0 Å². The summed E-state index contributed by atoms with van der Waals surface area (Å²) in [7, 11) is 1.68. The first kappa shape index (κ1) is 20.5. The fourth-order valence-electron chi connectivity index (χ4n) is 1.46.